The van der Waals surface area contributed by atoms with Crippen molar-refractivity contribution in [3.63, 3.8) is 0 Å². The zero-order valence-corrected chi connectivity index (χ0v) is 13.2. The van der Waals surface area contributed by atoms with E-state index in [0.29, 0.717) is 49.6 Å². The number of benzene rings is 1. The topological polar surface area (TPSA) is 55.8 Å². The van der Waals surface area contributed by atoms with Crippen LogP contribution < -0.4 is 9.47 Å². The smallest absolute Gasteiger partial charge is 0.243 e. The van der Waals surface area contributed by atoms with Gasteiger partial charge in [0.25, 0.3) is 0 Å². The largest absolute Gasteiger partial charge is 0.486 e. The number of fused-ring (bicyclic) bond motifs is 1. The minimum absolute atomic E-state index is 0.262. The SMILES string of the molecule is O=S(=O)(c1ccc2c(c1)OCCO2)N1CCC(CCCl)C1. The predicted molar refractivity (Wildman–Crippen MR) is 79.6 cm³/mol. The molecule has 5 nitrogen and oxygen atoms in total. The van der Waals surface area contributed by atoms with E-state index in [9.17, 15) is 8.42 Å². The molecular weight excluding hydrogens is 314 g/mol. The number of sulfonamides is 1. The standard InChI is InChI=1S/C14H18ClNO4S/c15-5-3-11-4-6-16(10-11)21(17,18)12-1-2-13-14(9-12)20-8-7-19-13/h1-2,9,11H,3-8,10H2. The normalized spacial score (nSPS) is 22.4. The number of hydrogen-bond acceptors (Lipinski definition) is 4. The zero-order chi connectivity index (χ0) is 14.9. The first-order valence-electron chi connectivity index (χ1n) is 7.07. The summed E-state index contributed by atoms with van der Waals surface area (Å²) in [4.78, 5) is 0.262. The molecule has 2 heterocycles. The molecule has 0 spiro atoms. The first-order chi connectivity index (χ1) is 10.1. The van der Waals surface area contributed by atoms with Crippen molar-refractivity contribution >= 4 is 21.6 Å². The first kappa shape index (κ1) is 14.9. The molecule has 1 saturated heterocycles. The number of nitrogens with zero attached hydrogens (tertiary/aromatic N) is 1. The van der Waals surface area contributed by atoms with Gasteiger partial charge in [-0.15, -0.1) is 11.6 Å². The lowest BCUT2D eigenvalue weighted by Gasteiger charge is -2.21. The van der Waals surface area contributed by atoms with E-state index < -0.39 is 10.0 Å². The van der Waals surface area contributed by atoms with Crippen molar-refractivity contribution in [2.75, 3.05) is 32.2 Å². The van der Waals surface area contributed by atoms with Gasteiger partial charge in [0.2, 0.25) is 10.0 Å². The lowest BCUT2D eigenvalue weighted by Crippen LogP contribution is -2.29. The van der Waals surface area contributed by atoms with Crippen molar-refractivity contribution in [2.45, 2.75) is 17.7 Å². The maximum Gasteiger partial charge on any atom is 0.243 e. The Hall–Kier alpha value is -0.980. The van der Waals surface area contributed by atoms with Crippen LogP contribution in [0.5, 0.6) is 11.5 Å². The van der Waals surface area contributed by atoms with Gasteiger partial charge < -0.3 is 9.47 Å². The Balaban J connectivity index is 1.82. The fourth-order valence-corrected chi connectivity index (χ4v) is 4.59. The molecule has 1 atom stereocenters. The summed E-state index contributed by atoms with van der Waals surface area (Å²) in [6.07, 6.45) is 1.73. The molecule has 1 aromatic rings. The Morgan fingerprint density at radius 3 is 2.76 bits per heavy atom. The highest BCUT2D eigenvalue weighted by molar-refractivity contribution is 7.89. The average molecular weight is 332 g/mol. The van der Waals surface area contributed by atoms with E-state index in [-0.39, 0.29) is 4.90 Å². The summed E-state index contributed by atoms with van der Waals surface area (Å²) in [5.41, 5.74) is 0. The molecule has 0 N–H and O–H groups in total. The molecule has 116 valence electrons. The summed E-state index contributed by atoms with van der Waals surface area (Å²) in [7, 11) is -3.47. The molecule has 3 rings (SSSR count). The second-order valence-corrected chi connectivity index (χ2v) is 7.62. The summed E-state index contributed by atoms with van der Waals surface area (Å²) in [6, 6.07) is 4.80. The zero-order valence-electron chi connectivity index (χ0n) is 11.6. The van der Waals surface area contributed by atoms with Crippen LogP contribution in [0, 0.1) is 5.92 Å². The molecule has 1 aromatic carbocycles. The molecule has 0 bridgehead atoms. The summed E-state index contributed by atoms with van der Waals surface area (Å²) in [5, 5.41) is 0. The Morgan fingerprint density at radius 1 is 1.24 bits per heavy atom. The second kappa shape index (κ2) is 6.02. The van der Waals surface area contributed by atoms with Crippen LogP contribution >= 0.6 is 11.6 Å². The molecule has 1 fully saturated rings. The Morgan fingerprint density at radius 2 is 2.00 bits per heavy atom. The van der Waals surface area contributed by atoms with Gasteiger partial charge in [-0.05, 0) is 30.9 Å². The molecule has 21 heavy (non-hydrogen) atoms. The molecule has 0 saturated carbocycles. The van der Waals surface area contributed by atoms with Crippen molar-refractivity contribution in [1.29, 1.82) is 0 Å². The molecule has 2 aliphatic rings. The molecular formula is C14H18ClNO4S. The summed E-state index contributed by atoms with van der Waals surface area (Å²) < 4.78 is 37.7. The summed E-state index contributed by atoms with van der Waals surface area (Å²) in [6.45, 7) is 2.03. The van der Waals surface area contributed by atoms with E-state index in [4.69, 9.17) is 21.1 Å². The molecule has 1 unspecified atom stereocenters. The van der Waals surface area contributed by atoms with Crippen LogP contribution in [-0.4, -0.2) is 44.9 Å². The monoisotopic (exact) mass is 331 g/mol. The predicted octanol–water partition coefficient (Wildman–Crippen LogP) is 2.10. The maximum absolute atomic E-state index is 12.7. The molecule has 0 amide bonds. The minimum Gasteiger partial charge on any atom is -0.486 e. The fraction of sp³-hybridized carbons (Fsp3) is 0.571. The number of ether oxygens (including phenoxy) is 2. The molecule has 2 aliphatic heterocycles. The second-order valence-electron chi connectivity index (χ2n) is 5.30. The molecule has 0 radical (unpaired) electrons. The van der Waals surface area contributed by atoms with Crippen LogP contribution in [0.3, 0.4) is 0 Å². The first-order valence-corrected chi connectivity index (χ1v) is 9.04. The van der Waals surface area contributed by atoms with Crippen LogP contribution in [0.15, 0.2) is 23.1 Å². The van der Waals surface area contributed by atoms with Crippen molar-refractivity contribution in [1.82, 2.24) is 4.31 Å². The number of alkyl halides is 1. The fourth-order valence-electron chi connectivity index (χ4n) is 2.74. The lowest BCUT2D eigenvalue weighted by molar-refractivity contribution is 0.171. The van der Waals surface area contributed by atoms with Crippen LogP contribution in [0.2, 0.25) is 0 Å². The van der Waals surface area contributed by atoms with Crippen LogP contribution in [0.1, 0.15) is 12.8 Å². The van der Waals surface area contributed by atoms with Crippen LogP contribution in [0.25, 0.3) is 0 Å². The molecule has 0 aliphatic carbocycles. The Labute approximate surface area is 129 Å². The van der Waals surface area contributed by atoms with Gasteiger partial charge in [-0.25, -0.2) is 8.42 Å². The third-order valence-electron chi connectivity index (χ3n) is 3.92. The minimum atomic E-state index is -3.47. The average Bonchev–Trinajstić information content (AvgIpc) is 2.96. The Kier molecular flexibility index (Phi) is 4.28. The van der Waals surface area contributed by atoms with Gasteiger partial charge in [0.1, 0.15) is 13.2 Å². The van der Waals surface area contributed by atoms with E-state index >= 15 is 0 Å². The molecule has 0 aromatic heterocycles. The van der Waals surface area contributed by atoms with E-state index in [1.807, 2.05) is 0 Å². The van der Waals surface area contributed by atoms with Gasteiger partial charge in [-0.1, -0.05) is 0 Å². The lowest BCUT2D eigenvalue weighted by atomic mass is 10.1. The Bertz CT molecular complexity index is 619. The van der Waals surface area contributed by atoms with E-state index in [1.54, 1.807) is 18.2 Å². The van der Waals surface area contributed by atoms with Crippen molar-refractivity contribution in [3.8, 4) is 11.5 Å². The van der Waals surface area contributed by atoms with E-state index in [2.05, 4.69) is 0 Å². The summed E-state index contributed by atoms with van der Waals surface area (Å²) >= 11 is 5.74. The van der Waals surface area contributed by atoms with Crippen LogP contribution in [-0.2, 0) is 10.0 Å². The van der Waals surface area contributed by atoms with Crippen molar-refractivity contribution < 1.29 is 17.9 Å². The highest BCUT2D eigenvalue weighted by atomic mass is 35.5. The van der Waals surface area contributed by atoms with Crippen molar-refractivity contribution in [2.24, 2.45) is 5.92 Å². The maximum atomic E-state index is 12.7. The number of halogens is 1. The van der Waals surface area contributed by atoms with Gasteiger partial charge in [0.05, 0.1) is 4.90 Å². The van der Waals surface area contributed by atoms with Gasteiger partial charge in [0, 0.05) is 25.0 Å². The van der Waals surface area contributed by atoms with Crippen LogP contribution in [0.4, 0.5) is 0 Å². The highest BCUT2D eigenvalue weighted by Gasteiger charge is 2.32. The van der Waals surface area contributed by atoms with E-state index in [1.165, 1.54) is 4.31 Å². The summed E-state index contributed by atoms with van der Waals surface area (Å²) in [5.74, 6) is 2.03. The third kappa shape index (κ3) is 2.98. The highest BCUT2D eigenvalue weighted by Crippen LogP contribution is 2.34. The van der Waals surface area contributed by atoms with Gasteiger partial charge in [0.15, 0.2) is 11.5 Å². The van der Waals surface area contributed by atoms with E-state index in [0.717, 1.165) is 12.8 Å². The quantitative estimate of drug-likeness (QED) is 0.793. The molecule has 7 heteroatoms. The number of rotatable bonds is 4. The van der Waals surface area contributed by atoms with Gasteiger partial charge >= 0.3 is 0 Å². The third-order valence-corrected chi connectivity index (χ3v) is 6.00. The van der Waals surface area contributed by atoms with Gasteiger partial charge in [-0.2, -0.15) is 4.31 Å². The van der Waals surface area contributed by atoms with Gasteiger partial charge in [-0.3, -0.25) is 0 Å². The van der Waals surface area contributed by atoms with Crippen molar-refractivity contribution in [3.05, 3.63) is 18.2 Å². The number of hydrogen-bond donors (Lipinski definition) is 0.